The predicted molar refractivity (Wildman–Crippen MR) is 101 cm³/mol. The Balaban J connectivity index is 1.35. The van der Waals surface area contributed by atoms with E-state index < -0.39 is 0 Å². The fraction of sp³-hybridized carbons (Fsp3) is 0.263. The van der Waals surface area contributed by atoms with E-state index in [0.717, 1.165) is 22.6 Å². The van der Waals surface area contributed by atoms with Crippen LogP contribution < -0.4 is 14.8 Å². The topological polar surface area (TPSA) is 73.6 Å². The molecule has 0 unspecified atom stereocenters. The minimum atomic E-state index is -0.0902. The van der Waals surface area contributed by atoms with Gasteiger partial charge in [-0.05, 0) is 43.3 Å². The highest BCUT2D eigenvalue weighted by Crippen LogP contribution is 2.22. The van der Waals surface area contributed by atoms with Crippen molar-refractivity contribution in [2.45, 2.75) is 12.1 Å². The van der Waals surface area contributed by atoms with Crippen molar-refractivity contribution >= 4 is 28.8 Å². The van der Waals surface area contributed by atoms with Crippen LogP contribution in [0.5, 0.6) is 11.5 Å². The molecule has 0 fully saturated rings. The highest BCUT2D eigenvalue weighted by Gasteiger charge is 2.08. The van der Waals surface area contributed by atoms with E-state index in [1.54, 1.807) is 0 Å². The summed E-state index contributed by atoms with van der Waals surface area (Å²) in [6, 6.07) is 14.9. The van der Waals surface area contributed by atoms with E-state index in [1.165, 1.54) is 11.8 Å². The van der Waals surface area contributed by atoms with Crippen LogP contribution in [0, 0.1) is 0 Å². The fourth-order valence-corrected chi connectivity index (χ4v) is 2.92. The molecular formula is C19H20N2O4S. The minimum Gasteiger partial charge on any atom is -0.494 e. The van der Waals surface area contributed by atoms with Crippen molar-refractivity contribution < 1.29 is 18.7 Å². The molecular weight excluding hydrogens is 352 g/mol. The van der Waals surface area contributed by atoms with Gasteiger partial charge in [0.05, 0.1) is 18.9 Å². The Morgan fingerprint density at radius 3 is 2.58 bits per heavy atom. The number of benzene rings is 2. The van der Waals surface area contributed by atoms with Gasteiger partial charge >= 0.3 is 0 Å². The number of hydrogen-bond acceptors (Lipinski definition) is 6. The molecule has 136 valence electrons. The number of para-hydroxylation sites is 2. The lowest BCUT2D eigenvalue weighted by molar-refractivity contribution is -0.118. The number of aromatic nitrogens is 1. The lowest BCUT2D eigenvalue weighted by Gasteiger charge is -2.08. The summed E-state index contributed by atoms with van der Waals surface area (Å²) < 4.78 is 16.5. The van der Waals surface area contributed by atoms with E-state index in [9.17, 15) is 4.79 Å². The molecule has 3 rings (SSSR count). The van der Waals surface area contributed by atoms with Crippen molar-refractivity contribution in [3.8, 4) is 11.5 Å². The first-order chi connectivity index (χ1) is 12.7. The quantitative estimate of drug-likeness (QED) is 0.458. The first-order valence-corrected chi connectivity index (χ1v) is 9.34. The Labute approximate surface area is 155 Å². The average molecular weight is 372 g/mol. The molecule has 0 saturated carbocycles. The van der Waals surface area contributed by atoms with Crippen molar-refractivity contribution in [3.63, 3.8) is 0 Å². The summed E-state index contributed by atoms with van der Waals surface area (Å²) >= 11 is 1.27. The lowest BCUT2D eigenvalue weighted by atomic mass is 10.3. The smallest absolute Gasteiger partial charge is 0.257 e. The fourth-order valence-electron chi connectivity index (χ4n) is 2.25. The Morgan fingerprint density at radius 2 is 1.85 bits per heavy atom. The minimum absolute atomic E-state index is 0.0902. The third-order valence-electron chi connectivity index (χ3n) is 3.43. The zero-order chi connectivity index (χ0) is 18.2. The molecule has 1 N–H and O–H groups in total. The van der Waals surface area contributed by atoms with Gasteiger partial charge < -0.3 is 19.2 Å². The number of rotatable bonds is 9. The third-order valence-corrected chi connectivity index (χ3v) is 4.26. The van der Waals surface area contributed by atoms with E-state index in [0.29, 0.717) is 25.0 Å². The van der Waals surface area contributed by atoms with Crippen LogP contribution in [0.1, 0.15) is 6.92 Å². The maximum atomic E-state index is 11.9. The average Bonchev–Trinajstić information content (AvgIpc) is 3.08. The monoisotopic (exact) mass is 372 g/mol. The van der Waals surface area contributed by atoms with Gasteiger partial charge in [-0.15, -0.1) is 0 Å². The molecule has 1 heterocycles. The van der Waals surface area contributed by atoms with Crippen molar-refractivity contribution in [2.75, 3.05) is 25.5 Å². The van der Waals surface area contributed by atoms with Crippen LogP contribution in [0.2, 0.25) is 0 Å². The number of carbonyl (C=O) groups excluding carboxylic acids is 1. The summed E-state index contributed by atoms with van der Waals surface area (Å²) in [6.45, 7) is 3.40. The van der Waals surface area contributed by atoms with Crippen LogP contribution in [0.25, 0.3) is 11.1 Å². The van der Waals surface area contributed by atoms with Gasteiger partial charge in [0.2, 0.25) is 5.91 Å². The third kappa shape index (κ3) is 5.16. The predicted octanol–water partition coefficient (Wildman–Crippen LogP) is 3.51. The number of carbonyl (C=O) groups is 1. The van der Waals surface area contributed by atoms with Gasteiger partial charge in [0.15, 0.2) is 5.58 Å². The standard InChI is InChI=1S/C19H20N2O4S/c1-2-23-14-7-9-15(10-8-14)24-12-11-20-18(22)13-26-19-21-16-5-3-4-6-17(16)25-19/h3-10H,2,11-13H2,1H3,(H,20,22). The molecule has 6 nitrogen and oxygen atoms in total. The van der Waals surface area contributed by atoms with Crippen molar-refractivity contribution in [2.24, 2.45) is 0 Å². The molecule has 0 aliphatic heterocycles. The highest BCUT2D eigenvalue weighted by atomic mass is 32.2. The molecule has 0 bridgehead atoms. The molecule has 0 atom stereocenters. The lowest BCUT2D eigenvalue weighted by Crippen LogP contribution is -2.29. The van der Waals surface area contributed by atoms with Crippen LogP contribution in [0.4, 0.5) is 0 Å². The van der Waals surface area contributed by atoms with Gasteiger partial charge in [0, 0.05) is 0 Å². The van der Waals surface area contributed by atoms with Crippen LogP contribution in [0.3, 0.4) is 0 Å². The second-order valence-electron chi connectivity index (χ2n) is 5.34. The Hall–Kier alpha value is -2.67. The summed E-state index contributed by atoms with van der Waals surface area (Å²) in [5, 5.41) is 3.30. The van der Waals surface area contributed by atoms with Gasteiger partial charge in [-0.2, -0.15) is 0 Å². The number of oxazole rings is 1. The highest BCUT2D eigenvalue weighted by molar-refractivity contribution is 7.99. The summed E-state index contributed by atoms with van der Waals surface area (Å²) in [7, 11) is 0. The molecule has 0 aliphatic rings. The van der Waals surface area contributed by atoms with Crippen LogP contribution in [-0.4, -0.2) is 36.4 Å². The Morgan fingerprint density at radius 1 is 1.12 bits per heavy atom. The van der Waals surface area contributed by atoms with Crippen molar-refractivity contribution in [1.82, 2.24) is 10.3 Å². The first-order valence-electron chi connectivity index (χ1n) is 8.35. The number of hydrogen-bond donors (Lipinski definition) is 1. The molecule has 3 aromatic rings. The molecule has 7 heteroatoms. The number of nitrogens with one attached hydrogen (secondary N) is 1. The van der Waals surface area contributed by atoms with E-state index in [2.05, 4.69) is 10.3 Å². The van der Waals surface area contributed by atoms with E-state index in [1.807, 2.05) is 55.5 Å². The summed E-state index contributed by atoms with van der Waals surface area (Å²) in [5.74, 6) is 1.70. The number of thioether (sulfide) groups is 1. The molecule has 1 aromatic heterocycles. The zero-order valence-corrected chi connectivity index (χ0v) is 15.3. The number of ether oxygens (including phenoxy) is 2. The number of nitrogens with zero attached hydrogens (tertiary/aromatic N) is 1. The van der Waals surface area contributed by atoms with E-state index >= 15 is 0 Å². The summed E-state index contributed by atoms with van der Waals surface area (Å²) in [6.07, 6.45) is 0. The maximum Gasteiger partial charge on any atom is 0.257 e. The van der Waals surface area contributed by atoms with Gasteiger partial charge in [-0.3, -0.25) is 4.79 Å². The molecule has 0 radical (unpaired) electrons. The Bertz CT molecular complexity index is 815. The largest absolute Gasteiger partial charge is 0.494 e. The summed E-state index contributed by atoms with van der Waals surface area (Å²) in [5.41, 5.74) is 1.51. The van der Waals surface area contributed by atoms with Crippen molar-refractivity contribution in [3.05, 3.63) is 48.5 Å². The second kappa shape index (κ2) is 9.15. The van der Waals surface area contributed by atoms with E-state index in [-0.39, 0.29) is 11.7 Å². The molecule has 0 saturated heterocycles. The maximum absolute atomic E-state index is 11.9. The van der Waals surface area contributed by atoms with Crippen LogP contribution >= 0.6 is 11.8 Å². The van der Waals surface area contributed by atoms with Gasteiger partial charge in [-0.25, -0.2) is 4.98 Å². The number of amides is 1. The van der Waals surface area contributed by atoms with Crippen molar-refractivity contribution in [1.29, 1.82) is 0 Å². The van der Waals surface area contributed by atoms with Crippen LogP contribution in [0.15, 0.2) is 58.2 Å². The molecule has 1 amide bonds. The summed E-state index contributed by atoms with van der Waals surface area (Å²) in [4.78, 5) is 16.2. The SMILES string of the molecule is CCOc1ccc(OCCNC(=O)CSc2nc3ccccc3o2)cc1. The van der Waals surface area contributed by atoms with Crippen LogP contribution in [-0.2, 0) is 4.79 Å². The number of fused-ring (bicyclic) bond motifs is 1. The molecule has 0 aliphatic carbocycles. The molecule has 0 spiro atoms. The van der Waals surface area contributed by atoms with E-state index in [4.69, 9.17) is 13.9 Å². The first kappa shape index (κ1) is 18.1. The normalized spacial score (nSPS) is 10.7. The molecule has 2 aromatic carbocycles. The van der Waals surface area contributed by atoms with Gasteiger partial charge in [0.1, 0.15) is 23.6 Å². The van der Waals surface area contributed by atoms with Gasteiger partial charge in [-0.1, -0.05) is 23.9 Å². The van der Waals surface area contributed by atoms with Gasteiger partial charge in [0.25, 0.3) is 5.22 Å². The molecule has 26 heavy (non-hydrogen) atoms. The second-order valence-corrected chi connectivity index (χ2v) is 6.27. The zero-order valence-electron chi connectivity index (χ0n) is 14.4. The Kier molecular flexibility index (Phi) is 6.38.